The molecule has 1 aromatic carbocycles. The van der Waals surface area contributed by atoms with Gasteiger partial charge in [-0.2, -0.15) is 4.39 Å². The number of likely N-dealkylation sites (N-methyl/N-ethyl adjacent to an activating group) is 1. The van der Waals surface area contributed by atoms with Crippen molar-refractivity contribution >= 4 is 21.8 Å². The molecule has 0 amide bonds. The summed E-state index contributed by atoms with van der Waals surface area (Å²) in [7, 11) is 5.74. The summed E-state index contributed by atoms with van der Waals surface area (Å²) in [6.07, 6.45) is 0. The van der Waals surface area contributed by atoms with E-state index >= 15 is 0 Å². The monoisotopic (exact) mass is 301 g/mol. The topological polar surface area (TPSA) is 30.3 Å². The molecule has 0 spiro atoms. The summed E-state index contributed by atoms with van der Waals surface area (Å²) in [6.45, 7) is 3.56. The molecule has 0 fully saturated rings. The molecular weight excluding hydrogens is 281 g/mol. The minimum Gasteiger partial charge on any atom is -0.497 e. The van der Waals surface area contributed by atoms with Gasteiger partial charge in [0, 0.05) is 36.0 Å². The van der Waals surface area contributed by atoms with E-state index in [1.165, 1.54) is 6.07 Å². The molecule has 2 heterocycles. The first-order valence-electron chi connectivity index (χ1n) is 7.29. The Morgan fingerprint density at radius 1 is 1.23 bits per heavy atom. The maximum absolute atomic E-state index is 13.7. The number of benzene rings is 1. The molecule has 0 saturated heterocycles. The Hall–Kier alpha value is -2.14. The van der Waals surface area contributed by atoms with Gasteiger partial charge < -0.3 is 14.2 Å². The summed E-state index contributed by atoms with van der Waals surface area (Å²) < 4.78 is 21.3. The molecule has 0 aliphatic heterocycles. The Morgan fingerprint density at radius 2 is 2.00 bits per heavy atom. The highest BCUT2D eigenvalue weighted by Gasteiger charge is 2.15. The van der Waals surface area contributed by atoms with E-state index in [9.17, 15) is 4.39 Å². The third kappa shape index (κ3) is 2.41. The fourth-order valence-corrected chi connectivity index (χ4v) is 2.92. The van der Waals surface area contributed by atoms with Crippen LogP contribution in [-0.2, 0) is 6.54 Å². The van der Waals surface area contributed by atoms with Crippen LogP contribution in [0.3, 0.4) is 0 Å². The number of nitrogens with zero attached hydrogens (tertiary/aromatic N) is 3. The fraction of sp³-hybridized carbons (Fsp3) is 0.353. The van der Waals surface area contributed by atoms with E-state index in [-0.39, 0.29) is 0 Å². The summed E-state index contributed by atoms with van der Waals surface area (Å²) >= 11 is 0. The molecule has 3 rings (SSSR count). The van der Waals surface area contributed by atoms with Crippen LogP contribution in [0.25, 0.3) is 21.8 Å². The minimum absolute atomic E-state index is 0.438. The van der Waals surface area contributed by atoms with Gasteiger partial charge in [-0.15, -0.1) is 0 Å². The van der Waals surface area contributed by atoms with Gasteiger partial charge in [-0.1, -0.05) is 0 Å². The standard InChI is InChI=1S/C17H20FN3O/c1-11-17-14(10-16(18)19-11)13-6-5-12(22-4)9-15(13)21(17)8-7-20(2)3/h5-6,9-10H,7-8H2,1-4H3. The highest BCUT2D eigenvalue weighted by molar-refractivity contribution is 6.09. The summed E-state index contributed by atoms with van der Waals surface area (Å²) in [5.74, 6) is 0.361. The van der Waals surface area contributed by atoms with Crippen molar-refractivity contribution in [3.8, 4) is 5.75 Å². The largest absolute Gasteiger partial charge is 0.497 e. The normalized spacial score (nSPS) is 11.7. The number of aromatic nitrogens is 2. The van der Waals surface area contributed by atoms with E-state index in [1.54, 1.807) is 7.11 Å². The SMILES string of the molecule is COc1ccc2c3cc(F)nc(C)c3n(CCN(C)C)c2c1. The van der Waals surface area contributed by atoms with Gasteiger partial charge >= 0.3 is 0 Å². The van der Waals surface area contributed by atoms with E-state index < -0.39 is 5.95 Å². The van der Waals surface area contributed by atoms with Crippen LogP contribution in [0.15, 0.2) is 24.3 Å². The second-order valence-corrected chi connectivity index (χ2v) is 5.76. The lowest BCUT2D eigenvalue weighted by atomic mass is 10.1. The lowest BCUT2D eigenvalue weighted by Crippen LogP contribution is -2.18. The number of halogens is 1. The van der Waals surface area contributed by atoms with Crippen LogP contribution in [0, 0.1) is 12.9 Å². The maximum Gasteiger partial charge on any atom is 0.213 e. The van der Waals surface area contributed by atoms with Gasteiger partial charge in [-0.25, -0.2) is 4.98 Å². The van der Waals surface area contributed by atoms with Gasteiger partial charge in [0.05, 0.1) is 23.8 Å². The maximum atomic E-state index is 13.7. The Morgan fingerprint density at radius 3 is 2.68 bits per heavy atom. The molecule has 4 nitrogen and oxygen atoms in total. The molecule has 0 N–H and O–H groups in total. The van der Waals surface area contributed by atoms with E-state index in [0.717, 1.165) is 40.6 Å². The molecule has 0 atom stereocenters. The predicted octanol–water partition coefficient (Wildman–Crippen LogP) is 3.21. The molecule has 0 aliphatic carbocycles. The summed E-state index contributed by atoms with van der Waals surface area (Å²) in [5, 5.41) is 1.93. The molecule has 0 radical (unpaired) electrons. The van der Waals surface area contributed by atoms with Gasteiger partial charge in [0.25, 0.3) is 0 Å². The highest BCUT2D eigenvalue weighted by Crippen LogP contribution is 2.33. The van der Waals surface area contributed by atoms with Crippen LogP contribution in [0.5, 0.6) is 5.75 Å². The zero-order valence-corrected chi connectivity index (χ0v) is 13.4. The molecule has 0 bridgehead atoms. The van der Waals surface area contributed by atoms with Gasteiger partial charge in [-0.05, 0) is 33.2 Å². The molecule has 3 aromatic rings. The van der Waals surface area contributed by atoms with Crippen molar-refractivity contribution in [3.63, 3.8) is 0 Å². The number of ether oxygens (including phenoxy) is 1. The lowest BCUT2D eigenvalue weighted by Gasteiger charge is -2.13. The van der Waals surface area contributed by atoms with Gasteiger partial charge in [-0.3, -0.25) is 0 Å². The fourth-order valence-electron chi connectivity index (χ4n) is 2.92. The number of pyridine rings is 1. The van der Waals surface area contributed by atoms with Gasteiger partial charge in [0.1, 0.15) is 5.75 Å². The van der Waals surface area contributed by atoms with E-state index in [4.69, 9.17) is 4.74 Å². The Balaban J connectivity index is 2.34. The first kappa shape index (κ1) is 14.8. The van der Waals surface area contributed by atoms with Crippen LogP contribution in [0.4, 0.5) is 4.39 Å². The Labute approximate surface area is 129 Å². The highest BCUT2D eigenvalue weighted by atomic mass is 19.1. The van der Waals surface area contributed by atoms with Crippen molar-refractivity contribution < 1.29 is 9.13 Å². The van der Waals surface area contributed by atoms with Crippen molar-refractivity contribution in [2.45, 2.75) is 13.5 Å². The zero-order chi connectivity index (χ0) is 15.9. The molecule has 0 unspecified atom stereocenters. The summed E-state index contributed by atoms with van der Waals surface area (Å²) in [4.78, 5) is 6.12. The molecule has 0 aliphatic rings. The molecule has 22 heavy (non-hydrogen) atoms. The number of hydrogen-bond donors (Lipinski definition) is 0. The summed E-state index contributed by atoms with van der Waals surface area (Å²) in [5.41, 5.74) is 2.75. The minimum atomic E-state index is -0.438. The number of rotatable bonds is 4. The Bertz CT molecular complexity index is 839. The third-order valence-electron chi connectivity index (χ3n) is 3.96. The first-order chi connectivity index (χ1) is 10.5. The Kier molecular flexibility index (Phi) is 3.74. The molecule has 2 aromatic heterocycles. The average Bonchev–Trinajstić information content (AvgIpc) is 2.78. The first-order valence-corrected chi connectivity index (χ1v) is 7.29. The van der Waals surface area contributed by atoms with Crippen LogP contribution >= 0.6 is 0 Å². The summed E-state index contributed by atoms with van der Waals surface area (Å²) in [6, 6.07) is 7.42. The second kappa shape index (κ2) is 5.57. The van der Waals surface area contributed by atoms with E-state index in [1.807, 2.05) is 39.2 Å². The molecule has 0 saturated carbocycles. The molecule has 116 valence electrons. The van der Waals surface area contributed by atoms with Crippen molar-refractivity contribution in [1.29, 1.82) is 0 Å². The average molecular weight is 301 g/mol. The van der Waals surface area contributed by atoms with Crippen LogP contribution in [0.1, 0.15) is 5.69 Å². The number of hydrogen-bond acceptors (Lipinski definition) is 3. The molecular formula is C17H20FN3O. The van der Waals surface area contributed by atoms with Crippen LogP contribution < -0.4 is 4.74 Å². The van der Waals surface area contributed by atoms with Crippen molar-refractivity contribution in [2.75, 3.05) is 27.7 Å². The van der Waals surface area contributed by atoms with Crippen LogP contribution in [0.2, 0.25) is 0 Å². The zero-order valence-electron chi connectivity index (χ0n) is 13.4. The second-order valence-electron chi connectivity index (χ2n) is 5.76. The number of fused-ring (bicyclic) bond motifs is 3. The number of aryl methyl sites for hydroxylation is 1. The quantitative estimate of drug-likeness (QED) is 0.693. The molecule has 5 heteroatoms. The lowest BCUT2D eigenvalue weighted by molar-refractivity contribution is 0.389. The van der Waals surface area contributed by atoms with Gasteiger partial charge in [0.15, 0.2) is 0 Å². The van der Waals surface area contributed by atoms with E-state index in [2.05, 4.69) is 14.5 Å². The predicted molar refractivity (Wildman–Crippen MR) is 87.0 cm³/mol. The third-order valence-corrected chi connectivity index (χ3v) is 3.96. The van der Waals surface area contributed by atoms with E-state index in [0.29, 0.717) is 5.69 Å². The smallest absolute Gasteiger partial charge is 0.213 e. The van der Waals surface area contributed by atoms with Crippen molar-refractivity contribution in [2.24, 2.45) is 0 Å². The van der Waals surface area contributed by atoms with Crippen LogP contribution in [-0.4, -0.2) is 42.2 Å². The van der Waals surface area contributed by atoms with Crippen molar-refractivity contribution in [3.05, 3.63) is 35.9 Å². The number of methoxy groups -OCH3 is 1. The van der Waals surface area contributed by atoms with Crippen molar-refractivity contribution in [1.82, 2.24) is 14.5 Å². The van der Waals surface area contributed by atoms with Gasteiger partial charge in [0.2, 0.25) is 5.95 Å².